The molecule has 0 amide bonds. The molecule has 0 saturated heterocycles. The highest BCUT2D eigenvalue weighted by atomic mass is 15.0. The molecule has 0 atom stereocenters. The second-order valence-corrected chi connectivity index (χ2v) is 17.2. The number of nitriles is 4. The van der Waals surface area contributed by atoms with Crippen molar-refractivity contribution in [1.29, 1.82) is 21.0 Å². The molecule has 2 heterocycles. The van der Waals surface area contributed by atoms with Crippen LogP contribution in [0.5, 0.6) is 0 Å². The van der Waals surface area contributed by atoms with Crippen LogP contribution in [0, 0.1) is 58.5 Å². The van der Waals surface area contributed by atoms with Crippen LogP contribution in [0.4, 0.5) is 11.4 Å². The first-order valence-electron chi connectivity index (χ1n) is 23.0. The quantitative estimate of drug-likeness (QED) is 0.139. The first kappa shape index (κ1) is 44.3. The first-order chi connectivity index (χ1) is 35.9. The average Bonchev–Trinajstić information content (AvgIpc) is 3.79. The molecule has 9 heteroatoms. The van der Waals surface area contributed by atoms with Crippen LogP contribution in [0.2, 0.25) is 0 Å². The third-order valence-corrected chi connectivity index (χ3v) is 12.9. The van der Waals surface area contributed by atoms with Crippen molar-refractivity contribution >= 4 is 33.2 Å². The number of nitrogens with zero attached hydrogens (tertiary/aromatic N) is 9. The van der Waals surface area contributed by atoms with Gasteiger partial charge in [0, 0.05) is 60.8 Å². The molecule has 2 aromatic heterocycles. The minimum atomic E-state index is 0.337. The van der Waals surface area contributed by atoms with Gasteiger partial charge in [0.25, 0.3) is 0 Å². The Morgan fingerprint density at radius 3 is 1.29 bits per heavy atom. The molecule has 0 saturated carbocycles. The van der Waals surface area contributed by atoms with Crippen LogP contribution in [-0.4, -0.2) is 14.5 Å². The lowest BCUT2D eigenvalue weighted by Gasteiger charge is -2.22. The van der Waals surface area contributed by atoms with Crippen LogP contribution in [0.15, 0.2) is 200 Å². The second-order valence-electron chi connectivity index (χ2n) is 17.2. The summed E-state index contributed by atoms with van der Waals surface area (Å²) in [5.74, 6) is 0.528. The van der Waals surface area contributed by atoms with Crippen LogP contribution < -0.4 is 0 Å². The van der Waals surface area contributed by atoms with E-state index in [-0.39, 0.29) is 0 Å². The lowest BCUT2D eigenvalue weighted by atomic mass is 9.88. The highest BCUT2D eigenvalue weighted by Crippen LogP contribution is 2.47. The van der Waals surface area contributed by atoms with Gasteiger partial charge in [0.05, 0.1) is 76.7 Å². The van der Waals surface area contributed by atoms with Gasteiger partial charge < -0.3 is 4.57 Å². The van der Waals surface area contributed by atoms with Crippen molar-refractivity contribution in [2.45, 2.75) is 0 Å². The van der Waals surface area contributed by atoms with E-state index in [1.54, 1.807) is 48.5 Å². The SMILES string of the molecule is [C-]#[N+]c1cc(C#N)cc(-c2ccc3c(c2)c2cc(-c4cc(C#N)cc([N+]#[C-])c4)ccc2n3-c2c(-c3ccccc3C#N)cc(-c3cc(-c4ccccc4)nc(-c4ccccc4)n3)cc2-c2ccccc2C#N)c1. The standard InChI is InChI=1S/C64H33N9/c1-69-51-27-40(36-65)25-48(29-51)44-21-23-61-55(31-44)56-32-45(49-26-41(37-66)28-52(30-49)70-2)22-24-62(56)73(61)63-57(53-19-11-9-17-46(53)38-67)33-50(34-58(63)54-20-12-10-18-47(54)39-68)60-35-59(42-13-5-3-6-14-42)71-64(72-60)43-15-7-4-8-16-43/h3-35H. The molecule has 0 bridgehead atoms. The van der Waals surface area contributed by atoms with Crippen molar-refractivity contribution in [1.82, 2.24) is 14.5 Å². The zero-order valence-corrected chi connectivity index (χ0v) is 38.6. The van der Waals surface area contributed by atoms with Crippen LogP contribution in [-0.2, 0) is 0 Å². The summed E-state index contributed by atoms with van der Waals surface area (Å²) in [7, 11) is 0. The molecule has 73 heavy (non-hydrogen) atoms. The average molecular weight is 928 g/mol. The molecule has 0 unspecified atom stereocenters. The van der Waals surface area contributed by atoms with Crippen molar-refractivity contribution in [3.8, 4) is 108 Å². The highest BCUT2D eigenvalue weighted by molar-refractivity contribution is 6.13. The Bertz CT molecular complexity index is 4000. The summed E-state index contributed by atoms with van der Waals surface area (Å²) in [4.78, 5) is 17.7. The summed E-state index contributed by atoms with van der Waals surface area (Å²) in [6, 6.07) is 72.4. The Morgan fingerprint density at radius 2 is 0.822 bits per heavy atom. The fourth-order valence-electron chi connectivity index (χ4n) is 9.57. The van der Waals surface area contributed by atoms with Crippen LogP contribution in [0.1, 0.15) is 22.3 Å². The van der Waals surface area contributed by atoms with Crippen molar-refractivity contribution < 1.29 is 0 Å². The van der Waals surface area contributed by atoms with Crippen molar-refractivity contribution in [3.63, 3.8) is 0 Å². The maximum Gasteiger partial charge on any atom is 0.189 e. The molecule has 0 radical (unpaired) electrons. The van der Waals surface area contributed by atoms with E-state index in [1.807, 2.05) is 127 Å². The lowest BCUT2D eigenvalue weighted by Crippen LogP contribution is -2.04. The smallest absolute Gasteiger partial charge is 0.189 e. The second kappa shape index (κ2) is 18.7. The van der Waals surface area contributed by atoms with Gasteiger partial charge >= 0.3 is 0 Å². The Balaban J connectivity index is 1.29. The van der Waals surface area contributed by atoms with E-state index in [1.165, 1.54) is 0 Å². The molecule has 0 aliphatic heterocycles. The van der Waals surface area contributed by atoms with Gasteiger partial charge in [-0.2, -0.15) is 21.0 Å². The summed E-state index contributed by atoms with van der Waals surface area (Å²) in [6.07, 6.45) is 0. The van der Waals surface area contributed by atoms with E-state index in [0.29, 0.717) is 89.9 Å². The largest absolute Gasteiger partial charge is 0.308 e. The van der Waals surface area contributed by atoms with Gasteiger partial charge in [-0.25, -0.2) is 19.7 Å². The summed E-state index contributed by atoms with van der Waals surface area (Å²) in [5.41, 5.74) is 13.9. The van der Waals surface area contributed by atoms with E-state index in [4.69, 9.17) is 23.1 Å². The molecule has 0 aliphatic carbocycles. The molecule has 9 aromatic carbocycles. The molecule has 11 aromatic rings. The van der Waals surface area contributed by atoms with Crippen LogP contribution >= 0.6 is 0 Å². The highest BCUT2D eigenvalue weighted by Gasteiger charge is 2.26. The Morgan fingerprint density at radius 1 is 0.370 bits per heavy atom. The fraction of sp³-hybridized carbons (Fsp3) is 0. The molecule has 0 fully saturated rings. The molecule has 0 spiro atoms. The van der Waals surface area contributed by atoms with Gasteiger partial charge in [0.1, 0.15) is 0 Å². The maximum atomic E-state index is 10.9. The number of hydrogen-bond donors (Lipinski definition) is 0. The van der Waals surface area contributed by atoms with Crippen molar-refractivity contribution in [2.75, 3.05) is 0 Å². The molecule has 0 aliphatic rings. The summed E-state index contributed by atoms with van der Waals surface area (Å²) < 4.78 is 2.17. The van der Waals surface area contributed by atoms with Gasteiger partial charge in [0.2, 0.25) is 0 Å². The Hall–Kier alpha value is -11.2. The minimum absolute atomic E-state index is 0.337. The number of fused-ring (bicyclic) bond motifs is 3. The van der Waals surface area contributed by atoms with E-state index in [2.05, 4.69) is 62.8 Å². The predicted molar refractivity (Wildman–Crippen MR) is 286 cm³/mol. The topological polar surface area (TPSA) is 135 Å². The fourth-order valence-corrected chi connectivity index (χ4v) is 9.57. The van der Waals surface area contributed by atoms with Gasteiger partial charge in [-0.3, -0.25) is 0 Å². The molecule has 11 rings (SSSR count). The first-order valence-corrected chi connectivity index (χ1v) is 23.0. The van der Waals surface area contributed by atoms with Gasteiger partial charge in [-0.1, -0.05) is 109 Å². The van der Waals surface area contributed by atoms with E-state index in [9.17, 15) is 21.0 Å². The molecule has 0 N–H and O–H groups in total. The molecular weight excluding hydrogens is 895 g/mol. The number of rotatable bonds is 8. The maximum absolute atomic E-state index is 10.9. The van der Waals surface area contributed by atoms with Gasteiger partial charge in [-0.15, -0.1) is 0 Å². The predicted octanol–water partition coefficient (Wildman–Crippen LogP) is 15.8. The molecular formula is C64H33N9. The third-order valence-electron chi connectivity index (χ3n) is 12.9. The molecule has 9 nitrogen and oxygen atoms in total. The third kappa shape index (κ3) is 8.13. The Kier molecular flexibility index (Phi) is 11.4. The van der Waals surface area contributed by atoms with Crippen molar-refractivity contribution in [3.05, 3.63) is 245 Å². The monoisotopic (exact) mass is 927 g/mol. The van der Waals surface area contributed by atoms with Gasteiger partial charge in [-0.05, 0) is 113 Å². The Labute approximate surface area is 420 Å². The van der Waals surface area contributed by atoms with Crippen LogP contribution in [0.25, 0.3) is 116 Å². The number of hydrogen-bond acceptors (Lipinski definition) is 6. The molecule has 334 valence electrons. The lowest BCUT2D eigenvalue weighted by molar-refractivity contribution is 1.17. The summed E-state index contributed by atoms with van der Waals surface area (Å²) >= 11 is 0. The normalized spacial score (nSPS) is 10.7. The zero-order valence-electron chi connectivity index (χ0n) is 38.6. The van der Waals surface area contributed by atoms with E-state index in [0.717, 1.165) is 49.6 Å². The van der Waals surface area contributed by atoms with Crippen LogP contribution in [0.3, 0.4) is 0 Å². The zero-order chi connectivity index (χ0) is 50.0. The number of aromatic nitrogens is 3. The van der Waals surface area contributed by atoms with E-state index >= 15 is 0 Å². The van der Waals surface area contributed by atoms with Gasteiger partial charge in [0.15, 0.2) is 17.2 Å². The number of benzene rings is 9. The summed E-state index contributed by atoms with van der Waals surface area (Å²) in [5, 5.41) is 43.3. The summed E-state index contributed by atoms with van der Waals surface area (Å²) in [6.45, 7) is 15.6. The minimum Gasteiger partial charge on any atom is -0.308 e. The van der Waals surface area contributed by atoms with Crippen molar-refractivity contribution in [2.24, 2.45) is 0 Å². The van der Waals surface area contributed by atoms with E-state index < -0.39 is 0 Å².